The average Bonchev–Trinajstić information content (AvgIpc) is 2.96. The number of halogens is 3. The molecule has 0 heterocycles. The highest BCUT2D eigenvalue weighted by Crippen LogP contribution is 2.43. The van der Waals surface area contributed by atoms with Gasteiger partial charge in [0, 0.05) is 19.1 Å². The fourth-order valence-corrected chi connectivity index (χ4v) is 4.50. The molecule has 0 aliphatic carbocycles. The number of hydrogen-bond acceptors (Lipinski definition) is 5. The number of methoxy groups -OCH3 is 2. The van der Waals surface area contributed by atoms with Crippen molar-refractivity contribution in [3.05, 3.63) is 114 Å². The van der Waals surface area contributed by atoms with E-state index in [1.165, 1.54) is 30.3 Å². The highest BCUT2D eigenvalue weighted by molar-refractivity contribution is 5.82. The van der Waals surface area contributed by atoms with Crippen LogP contribution in [0, 0.1) is 0 Å². The summed E-state index contributed by atoms with van der Waals surface area (Å²) in [6.45, 7) is 4.05. The van der Waals surface area contributed by atoms with Crippen LogP contribution in [0.1, 0.15) is 48.5 Å². The predicted octanol–water partition coefficient (Wildman–Crippen LogP) is 7.72. The van der Waals surface area contributed by atoms with Crippen molar-refractivity contribution < 1.29 is 36.9 Å². The fraction of sp³-hybridized carbons (Fsp3) is 0.344. The third-order valence-corrected chi connectivity index (χ3v) is 6.65. The van der Waals surface area contributed by atoms with Crippen molar-refractivity contribution >= 4 is 5.97 Å². The highest BCUT2D eigenvalue weighted by Gasteiger charge is 2.64. The molecule has 40 heavy (non-hydrogen) atoms. The molecule has 0 N–H and O–H groups in total. The summed E-state index contributed by atoms with van der Waals surface area (Å²) in [5, 5.41) is 0. The van der Waals surface area contributed by atoms with Crippen LogP contribution in [0.15, 0.2) is 97.6 Å². The molecule has 0 aromatic heterocycles. The zero-order valence-corrected chi connectivity index (χ0v) is 22.7. The number of esters is 1. The molecule has 0 spiro atoms. The van der Waals surface area contributed by atoms with Crippen LogP contribution in [0.4, 0.5) is 13.2 Å². The zero-order chi connectivity index (χ0) is 29.0. The van der Waals surface area contributed by atoms with Gasteiger partial charge in [-0.15, -0.1) is 6.58 Å². The maximum Gasteiger partial charge on any atom is 0.432 e. The van der Waals surface area contributed by atoms with Gasteiger partial charge in [0.1, 0.15) is 11.9 Å². The lowest BCUT2D eigenvalue weighted by Crippen LogP contribution is -2.52. The second-order valence-corrected chi connectivity index (χ2v) is 9.29. The van der Waals surface area contributed by atoms with Gasteiger partial charge in [0.05, 0.1) is 19.8 Å². The van der Waals surface area contributed by atoms with E-state index in [1.807, 2.05) is 54.6 Å². The smallest absolute Gasteiger partial charge is 0.432 e. The molecule has 0 amide bonds. The van der Waals surface area contributed by atoms with Gasteiger partial charge in [-0.2, -0.15) is 13.2 Å². The Morgan fingerprint density at radius 3 is 2.08 bits per heavy atom. The molecule has 0 fully saturated rings. The predicted molar refractivity (Wildman–Crippen MR) is 147 cm³/mol. The molecule has 0 aliphatic rings. The molecule has 0 bridgehead atoms. The second-order valence-electron chi connectivity index (χ2n) is 9.29. The summed E-state index contributed by atoms with van der Waals surface area (Å²) in [5.74, 6) is -0.752. The van der Waals surface area contributed by atoms with Crippen molar-refractivity contribution in [3.63, 3.8) is 0 Å². The molecule has 3 aromatic rings. The molecular formula is C32H35F3O5. The number of hydrogen-bond donors (Lipinski definition) is 0. The van der Waals surface area contributed by atoms with E-state index in [9.17, 15) is 18.0 Å². The maximum absolute atomic E-state index is 14.3. The number of alkyl halides is 3. The molecule has 0 saturated carbocycles. The quantitative estimate of drug-likeness (QED) is 0.142. The van der Waals surface area contributed by atoms with Gasteiger partial charge in [-0.1, -0.05) is 78.9 Å². The Labute approximate surface area is 233 Å². The second kappa shape index (κ2) is 14.7. The summed E-state index contributed by atoms with van der Waals surface area (Å²) in [6.07, 6.45) is -2.97. The number of ether oxygens (including phenoxy) is 4. The summed E-state index contributed by atoms with van der Waals surface area (Å²) in [5.41, 5.74) is -1.62. The molecule has 3 atom stereocenters. The molecule has 3 rings (SSSR count). The summed E-state index contributed by atoms with van der Waals surface area (Å²) in [6, 6.07) is 24.1. The van der Waals surface area contributed by atoms with Crippen LogP contribution >= 0.6 is 0 Å². The number of carbonyl (C=O) groups excluding carboxylic acids is 1. The number of carbonyl (C=O) groups is 1. The van der Waals surface area contributed by atoms with E-state index in [4.69, 9.17) is 18.9 Å². The highest BCUT2D eigenvalue weighted by atomic mass is 19.4. The first kappa shape index (κ1) is 30.9. The van der Waals surface area contributed by atoms with Gasteiger partial charge >= 0.3 is 12.1 Å². The Morgan fingerprint density at radius 1 is 0.900 bits per heavy atom. The van der Waals surface area contributed by atoms with Gasteiger partial charge in [0.25, 0.3) is 5.60 Å². The van der Waals surface area contributed by atoms with Crippen molar-refractivity contribution in [2.45, 2.75) is 56.3 Å². The minimum atomic E-state index is -5.04. The van der Waals surface area contributed by atoms with Crippen molar-refractivity contribution in [2.24, 2.45) is 0 Å². The van der Waals surface area contributed by atoms with Crippen molar-refractivity contribution in [2.75, 3.05) is 14.2 Å². The fourth-order valence-electron chi connectivity index (χ4n) is 4.50. The lowest BCUT2D eigenvalue weighted by Gasteiger charge is -2.33. The molecule has 0 radical (unpaired) electrons. The summed E-state index contributed by atoms with van der Waals surface area (Å²) in [7, 11) is 2.46. The minimum absolute atomic E-state index is 0.195. The van der Waals surface area contributed by atoms with E-state index in [2.05, 4.69) is 6.58 Å². The molecule has 214 valence electrons. The normalized spacial score (nSPS) is 14.5. The van der Waals surface area contributed by atoms with Crippen molar-refractivity contribution in [1.82, 2.24) is 0 Å². The molecule has 3 aromatic carbocycles. The summed E-state index contributed by atoms with van der Waals surface area (Å²) in [4.78, 5) is 13.1. The topological polar surface area (TPSA) is 54.0 Å². The Morgan fingerprint density at radius 2 is 1.52 bits per heavy atom. The van der Waals surface area contributed by atoms with E-state index in [1.54, 1.807) is 13.2 Å². The lowest BCUT2D eigenvalue weighted by atomic mass is 9.92. The molecule has 0 aliphatic heterocycles. The SMILES string of the molecule is C=CC[C@H](CCC[C@H](OCc1ccc(OC)cc1)c1ccccc1)OC(=O)[C@](OC)(c1ccccc1)C(F)(F)F. The Kier molecular flexibility index (Phi) is 11.3. The first-order valence-corrected chi connectivity index (χ1v) is 13.0. The van der Waals surface area contributed by atoms with Crippen LogP contribution in [-0.2, 0) is 31.2 Å². The van der Waals surface area contributed by atoms with Crippen LogP contribution < -0.4 is 4.74 Å². The van der Waals surface area contributed by atoms with Gasteiger partial charge in [-0.25, -0.2) is 4.79 Å². The van der Waals surface area contributed by atoms with Gasteiger partial charge in [-0.3, -0.25) is 0 Å². The third kappa shape index (κ3) is 7.73. The van der Waals surface area contributed by atoms with E-state index >= 15 is 0 Å². The first-order chi connectivity index (χ1) is 19.2. The monoisotopic (exact) mass is 556 g/mol. The standard InChI is InChI=1S/C32H35F3O5/c1-4-12-28(40-30(36)31(38-3,32(33,34)35)26-15-9-6-10-16-26)17-11-18-29(25-13-7-5-8-14-25)39-23-24-19-21-27(37-2)22-20-24/h4-10,13-16,19-22,28-29H,1,11-12,17-18,23H2,2-3H3/t28-,29+,31-/m1/s1. The van der Waals surface area contributed by atoms with Gasteiger partial charge < -0.3 is 18.9 Å². The zero-order valence-electron chi connectivity index (χ0n) is 22.7. The number of benzene rings is 3. The van der Waals surface area contributed by atoms with E-state index in [0.717, 1.165) is 24.0 Å². The molecule has 5 nitrogen and oxygen atoms in total. The molecule has 0 unspecified atom stereocenters. The average molecular weight is 557 g/mol. The van der Waals surface area contributed by atoms with Crippen LogP contribution in [0.3, 0.4) is 0 Å². The van der Waals surface area contributed by atoms with Gasteiger partial charge in [0.2, 0.25) is 0 Å². The van der Waals surface area contributed by atoms with E-state index in [-0.39, 0.29) is 18.1 Å². The number of rotatable bonds is 15. The molecule has 8 heteroatoms. The molecule has 0 saturated heterocycles. The largest absolute Gasteiger partial charge is 0.497 e. The minimum Gasteiger partial charge on any atom is -0.497 e. The van der Waals surface area contributed by atoms with Crippen molar-refractivity contribution in [1.29, 1.82) is 0 Å². The van der Waals surface area contributed by atoms with Crippen molar-refractivity contribution in [3.8, 4) is 5.75 Å². The maximum atomic E-state index is 14.3. The van der Waals surface area contributed by atoms with Gasteiger partial charge in [0.15, 0.2) is 0 Å². The third-order valence-electron chi connectivity index (χ3n) is 6.65. The summed E-state index contributed by atoms with van der Waals surface area (Å²) >= 11 is 0. The Bertz CT molecular complexity index is 1180. The first-order valence-electron chi connectivity index (χ1n) is 13.0. The lowest BCUT2D eigenvalue weighted by molar-refractivity contribution is -0.278. The van der Waals surface area contributed by atoms with Crippen LogP contribution in [0.25, 0.3) is 0 Å². The van der Waals surface area contributed by atoms with E-state index < -0.39 is 23.9 Å². The Balaban J connectivity index is 1.70. The van der Waals surface area contributed by atoms with Gasteiger partial charge in [-0.05, 0) is 42.5 Å². The van der Waals surface area contributed by atoms with Crippen LogP contribution in [-0.4, -0.2) is 32.5 Å². The Hall–Kier alpha value is -3.62. The molecular weight excluding hydrogens is 521 g/mol. The summed E-state index contributed by atoms with van der Waals surface area (Å²) < 4.78 is 64.6. The van der Waals surface area contributed by atoms with Crippen LogP contribution in [0.2, 0.25) is 0 Å². The van der Waals surface area contributed by atoms with Crippen LogP contribution in [0.5, 0.6) is 5.75 Å². The van der Waals surface area contributed by atoms with E-state index in [0.29, 0.717) is 25.9 Å².